The number of hydrogen-bond acceptors (Lipinski definition) is 8. The molecule has 5 rings (SSSR count). The summed E-state index contributed by atoms with van der Waals surface area (Å²) in [7, 11) is 0. The van der Waals surface area contributed by atoms with Crippen LogP contribution in [0.5, 0.6) is 5.75 Å². The molecule has 0 aliphatic carbocycles. The Hall–Kier alpha value is -3.76. The fourth-order valence-electron chi connectivity index (χ4n) is 3.71. The summed E-state index contributed by atoms with van der Waals surface area (Å²) >= 11 is 1.44. The lowest BCUT2D eigenvalue weighted by molar-refractivity contribution is -0.385. The van der Waals surface area contributed by atoms with E-state index in [9.17, 15) is 10.1 Å². The van der Waals surface area contributed by atoms with E-state index in [1.54, 1.807) is 18.5 Å². The van der Waals surface area contributed by atoms with Crippen LogP contribution in [0.2, 0.25) is 0 Å². The van der Waals surface area contributed by atoms with Crippen LogP contribution in [-0.4, -0.2) is 31.5 Å². The largest absolute Gasteiger partial charge is 0.467 e. The Morgan fingerprint density at radius 3 is 2.85 bits per heavy atom. The summed E-state index contributed by atoms with van der Waals surface area (Å²) in [5, 5.41) is 21.0. The SMILES string of the molecule is Cc1ccccc1-n1c(SCc2cc([N+](=O)[O-])cc3c2OCOC3)nnc1-c1cccnc1. The number of benzene rings is 2. The van der Waals surface area contributed by atoms with Gasteiger partial charge in [0.05, 0.1) is 17.2 Å². The van der Waals surface area contributed by atoms with Crippen molar-refractivity contribution in [1.82, 2.24) is 19.7 Å². The first kappa shape index (κ1) is 21.1. The highest BCUT2D eigenvalue weighted by Gasteiger charge is 2.23. The highest BCUT2D eigenvalue weighted by atomic mass is 32.2. The number of pyridine rings is 1. The predicted molar refractivity (Wildman–Crippen MR) is 122 cm³/mol. The molecule has 166 valence electrons. The summed E-state index contributed by atoms with van der Waals surface area (Å²) in [6, 6.07) is 14.8. The van der Waals surface area contributed by atoms with Crippen molar-refractivity contribution >= 4 is 17.4 Å². The number of para-hydroxylation sites is 1. The van der Waals surface area contributed by atoms with Crippen molar-refractivity contribution in [2.75, 3.05) is 6.79 Å². The maximum Gasteiger partial charge on any atom is 0.270 e. The Bertz CT molecular complexity index is 1330. The molecule has 2 aromatic heterocycles. The first-order chi connectivity index (χ1) is 16.1. The van der Waals surface area contributed by atoms with Crippen molar-refractivity contribution in [2.24, 2.45) is 0 Å². The number of rotatable bonds is 6. The topological polar surface area (TPSA) is 105 Å². The Labute approximate surface area is 193 Å². The van der Waals surface area contributed by atoms with Gasteiger partial charge in [-0.1, -0.05) is 30.0 Å². The second-order valence-electron chi connectivity index (χ2n) is 7.42. The van der Waals surface area contributed by atoms with Crippen molar-refractivity contribution in [2.45, 2.75) is 24.4 Å². The monoisotopic (exact) mass is 461 g/mol. The van der Waals surface area contributed by atoms with E-state index in [-0.39, 0.29) is 19.1 Å². The highest BCUT2D eigenvalue weighted by molar-refractivity contribution is 7.98. The van der Waals surface area contributed by atoms with Crippen LogP contribution in [0.3, 0.4) is 0 Å². The Kier molecular flexibility index (Phi) is 5.76. The summed E-state index contributed by atoms with van der Waals surface area (Å²) in [6.45, 7) is 2.42. The van der Waals surface area contributed by atoms with Crippen molar-refractivity contribution in [3.05, 3.63) is 87.7 Å². The summed E-state index contributed by atoms with van der Waals surface area (Å²) in [5.74, 6) is 1.72. The molecule has 0 unspecified atom stereocenters. The average Bonchev–Trinajstić information content (AvgIpc) is 3.27. The zero-order chi connectivity index (χ0) is 22.8. The summed E-state index contributed by atoms with van der Waals surface area (Å²) in [6.07, 6.45) is 3.46. The normalized spacial score (nSPS) is 12.8. The molecule has 4 aromatic rings. The summed E-state index contributed by atoms with van der Waals surface area (Å²) in [5.41, 5.74) is 4.26. The molecule has 0 saturated carbocycles. The third kappa shape index (κ3) is 4.18. The van der Waals surface area contributed by atoms with E-state index in [1.807, 2.05) is 47.9 Å². The van der Waals surface area contributed by atoms with Gasteiger partial charge in [-0.25, -0.2) is 0 Å². The van der Waals surface area contributed by atoms with Gasteiger partial charge >= 0.3 is 0 Å². The molecule has 0 radical (unpaired) electrons. The van der Waals surface area contributed by atoms with Gasteiger partial charge in [-0.05, 0) is 30.7 Å². The summed E-state index contributed by atoms with van der Waals surface area (Å²) in [4.78, 5) is 15.2. The Balaban J connectivity index is 1.55. The molecule has 0 fully saturated rings. The molecular weight excluding hydrogens is 442 g/mol. The third-order valence-electron chi connectivity index (χ3n) is 5.25. The maximum absolute atomic E-state index is 11.4. The molecule has 0 amide bonds. The minimum absolute atomic E-state index is 0.00914. The molecule has 2 aromatic carbocycles. The van der Waals surface area contributed by atoms with Crippen molar-refractivity contribution in [3.8, 4) is 22.8 Å². The lowest BCUT2D eigenvalue weighted by Crippen LogP contribution is -2.13. The number of nitro groups is 1. The number of aryl methyl sites for hydroxylation is 1. The van der Waals surface area contributed by atoms with Gasteiger partial charge in [-0.3, -0.25) is 19.7 Å². The first-order valence-corrected chi connectivity index (χ1v) is 11.2. The van der Waals surface area contributed by atoms with E-state index in [1.165, 1.54) is 17.8 Å². The van der Waals surface area contributed by atoms with E-state index >= 15 is 0 Å². The molecule has 33 heavy (non-hydrogen) atoms. The average molecular weight is 462 g/mol. The summed E-state index contributed by atoms with van der Waals surface area (Å²) < 4.78 is 13.0. The number of nitro benzene ring substituents is 1. The van der Waals surface area contributed by atoms with E-state index in [4.69, 9.17) is 9.47 Å². The number of thioether (sulfide) groups is 1. The molecule has 0 bridgehead atoms. The van der Waals surface area contributed by atoms with Crippen LogP contribution in [0.4, 0.5) is 5.69 Å². The minimum Gasteiger partial charge on any atom is -0.467 e. The van der Waals surface area contributed by atoms with Gasteiger partial charge < -0.3 is 9.47 Å². The van der Waals surface area contributed by atoms with Crippen LogP contribution in [0.1, 0.15) is 16.7 Å². The number of aromatic nitrogens is 4. The van der Waals surface area contributed by atoms with Gasteiger partial charge in [-0.15, -0.1) is 10.2 Å². The third-order valence-corrected chi connectivity index (χ3v) is 6.23. The first-order valence-electron chi connectivity index (χ1n) is 10.2. The van der Waals surface area contributed by atoms with Crippen LogP contribution in [0.25, 0.3) is 17.1 Å². The molecule has 0 saturated heterocycles. The second kappa shape index (κ2) is 9.00. The maximum atomic E-state index is 11.4. The molecule has 10 heteroatoms. The smallest absolute Gasteiger partial charge is 0.270 e. The number of ether oxygens (including phenoxy) is 2. The van der Waals surface area contributed by atoms with Crippen molar-refractivity contribution in [1.29, 1.82) is 0 Å². The standard InChI is InChI=1S/C23H19N5O4S/c1-15-5-2-3-7-20(15)27-22(16-6-4-8-24-11-16)25-26-23(27)33-13-18-10-19(28(29)30)9-17-12-31-14-32-21(17)18/h2-11H,12-14H2,1H3. The molecule has 1 aliphatic heterocycles. The van der Waals surface area contributed by atoms with E-state index in [0.717, 1.165) is 22.4 Å². The van der Waals surface area contributed by atoms with E-state index < -0.39 is 4.92 Å². The van der Waals surface area contributed by atoms with Crippen LogP contribution < -0.4 is 4.74 Å². The minimum atomic E-state index is -0.403. The van der Waals surface area contributed by atoms with Crippen molar-refractivity contribution < 1.29 is 14.4 Å². The van der Waals surface area contributed by atoms with E-state index in [0.29, 0.717) is 28.0 Å². The Morgan fingerprint density at radius 2 is 2.06 bits per heavy atom. The van der Waals surface area contributed by atoms with E-state index in [2.05, 4.69) is 15.2 Å². The molecule has 0 atom stereocenters. The molecule has 0 N–H and O–H groups in total. The number of fused-ring (bicyclic) bond motifs is 1. The highest BCUT2D eigenvalue weighted by Crippen LogP contribution is 2.37. The molecule has 0 spiro atoms. The van der Waals surface area contributed by atoms with Gasteiger partial charge in [0, 0.05) is 47.0 Å². The predicted octanol–water partition coefficient (Wildman–Crippen LogP) is 4.70. The van der Waals surface area contributed by atoms with Gasteiger partial charge in [0.25, 0.3) is 5.69 Å². The van der Waals surface area contributed by atoms with Crippen LogP contribution >= 0.6 is 11.8 Å². The van der Waals surface area contributed by atoms with Gasteiger partial charge in [0.15, 0.2) is 17.8 Å². The van der Waals surface area contributed by atoms with Gasteiger partial charge in [0.1, 0.15) is 5.75 Å². The molecule has 1 aliphatic rings. The fourth-order valence-corrected chi connectivity index (χ4v) is 4.62. The zero-order valence-corrected chi connectivity index (χ0v) is 18.5. The van der Waals surface area contributed by atoms with Crippen LogP contribution in [0, 0.1) is 17.0 Å². The lowest BCUT2D eigenvalue weighted by Gasteiger charge is -2.20. The number of non-ortho nitro benzene ring substituents is 1. The zero-order valence-electron chi connectivity index (χ0n) is 17.7. The second-order valence-corrected chi connectivity index (χ2v) is 8.36. The lowest BCUT2D eigenvalue weighted by atomic mass is 10.1. The Morgan fingerprint density at radius 1 is 1.18 bits per heavy atom. The molecular formula is C23H19N5O4S. The van der Waals surface area contributed by atoms with Gasteiger partial charge in [0.2, 0.25) is 0 Å². The quantitative estimate of drug-likeness (QED) is 0.231. The molecule has 3 heterocycles. The fraction of sp³-hybridized carbons (Fsp3) is 0.174. The number of hydrogen-bond donors (Lipinski definition) is 0. The number of nitrogens with zero attached hydrogens (tertiary/aromatic N) is 5. The molecule has 9 nitrogen and oxygen atoms in total. The van der Waals surface area contributed by atoms with Crippen LogP contribution in [0.15, 0.2) is 66.1 Å². The van der Waals surface area contributed by atoms with Crippen LogP contribution in [-0.2, 0) is 17.1 Å². The van der Waals surface area contributed by atoms with Crippen molar-refractivity contribution in [3.63, 3.8) is 0 Å². The van der Waals surface area contributed by atoms with Gasteiger partial charge in [-0.2, -0.15) is 0 Å².